The molecule has 0 spiro atoms. The van der Waals surface area contributed by atoms with Crippen LogP contribution >= 0.6 is 0 Å². The number of aliphatic hydroxyl groups excluding tert-OH is 1. The summed E-state index contributed by atoms with van der Waals surface area (Å²) < 4.78 is 0. The summed E-state index contributed by atoms with van der Waals surface area (Å²) >= 11 is 0. The van der Waals surface area contributed by atoms with E-state index >= 15 is 0 Å². The first-order valence-corrected chi connectivity index (χ1v) is 5.32. The zero-order chi connectivity index (χ0) is 9.84. The molecule has 0 radical (unpaired) electrons. The van der Waals surface area contributed by atoms with Crippen LogP contribution in [0.25, 0.3) is 0 Å². The first-order chi connectivity index (χ1) is 6.19. The van der Waals surface area contributed by atoms with E-state index in [1.807, 2.05) is 0 Å². The van der Waals surface area contributed by atoms with Crippen LogP contribution in [0.1, 0.15) is 33.1 Å². The molecule has 0 aromatic heterocycles. The molecule has 1 aliphatic heterocycles. The van der Waals surface area contributed by atoms with Crippen LogP contribution in [0.5, 0.6) is 0 Å². The minimum absolute atomic E-state index is 0.352. The average Bonchev–Trinajstić information content (AvgIpc) is 2.48. The minimum Gasteiger partial charge on any atom is -0.390 e. The number of rotatable bonds is 4. The van der Waals surface area contributed by atoms with Gasteiger partial charge in [0.25, 0.3) is 0 Å². The molecular weight excluding hydrogens is 164 g/mol. The van der Waals surface area contributed by atoms with Gasteiger partial charge in [0.15, 0.2) is 0 Å². The van der Waals surface area contributed by atoms with E-state index in [1.54, 1.807) is 0 Å². The van der Waals surface area contributed by atoms with Crippen molar-refractivity contribution in [2.24, 2.45) is 5.73 Å². The Kier molecular flexibility index (Phi) is 4.16. The van der Waals surface area contributed by atoms with Gasteiger partial charge in [0.1, 0.15) is 0 Å². The van der Waals surface area contributed by atoms with Crippen LogP contribution in [0.4, 0.5) is 0 Å². The van der Waals surface area contributed by atoms with Gasteiger partial charge < -0.3 is 10.8 Å². The van der Waals surface area contributed by atoms with Crippen molar-refractivity contribution >= 4 is 0 Å². The van der Waals surface area contributed by atoms with E-state index < -0.39 is 0 Å². The third-order valence-corrected chi connectivity index (χ3v) is 3.12. The zero-order valence-corrected chi connectivity index (χ0v) is 8.74. The molecule has 1 fully saturated rings. The van der Waals surface area contributed by atoms with Crippen molar-refractivity contribution in [3.8, 4) is 0 Å². The molecule has 1 heterocycles. The van der Waals surface area contributed by atoms with Crippen molar-refractivity contribution < 1.29 is 5.11 Å². The number of hydrogen-bond donors (Lipinski definition) is 2. The molecule has 3 N–H and O–H groups in total. The first-order valence-electron chi connectivity index (χ1n) is 5.32. The van der Waals surface area contributed by atoms with Crippen molar-refractivity contribution in [3.05, 3.63) is 0 Å². The lowest BCUT2D eigenvalue weighted by Gasteiger charge is -2.29. The Balaban J connectivity index is 2.44. The molecule has 13 heavy (non-hydrogen) atoms. The average molecular weight is 186 g/mol. The smallest absolute Gasteiger partial charge is 0.0789 e. The van der Waals surface area contributed by atoms with E-state index in [-0.39, 0.29) is 6.10 Å². The van der Waals surface area contributed by atoms with Crippen molar-refractivity contribution in [3.63, 3.8) is 0 Å². The van der Waals surface area contributed by atoms with Gasteiger partial charge in [-0.25, -0.2) is 0 Å². The second-order valence-electron chi connectivity index (χ2n) is 4.07. The van der Waals surface area contributed by atoms with Crippen LogP contribution in [-0.2, 0) is 0 Å². The Morgan fingerprint density at radius 3 is 2.77 bits per heavy atom. The van der Waals surface area contributed by atoms with Crippen LogP contribution in [0.2, 0.25) is 0 Å². The number of aliphatic hydroxyl groups is 1. The summed E-state index contributed by atoms with van der Waals surface area (Å²) in [5.74, 6) is 0. The van der Waals surface area contributed by atoms with Gasteiger partial charge in [-0.15, -0.1) is 0 Å². The van der Waals surface area contributed by atoms with E-state index in [0.717, 1.165) is 6.54 Å². The molecule has 0 aliphatic carbocycles. The van der Waals surface area contributed by atoms with Crippen molar-refractivity contribution in [2.45, 2.75) is 51.3 Å². The Morgan fingerprint density at radius 2 is 2.23 bits per heavy atom. The first kappa shape index (κ1) is 11.0. The summed E-state index contributed by atoms with van der Waals surface area (Å²) in [6.45, 7) is 5.57. The predicted octanol–water partition coefficient (Wildman–Crippen LogP) is 0.569. The highest BCUT2D eigenvalue weighted by molar-refractivity contribution is 4.85. The van der Waals surface area contributed by atoms with Crippen molar-refractivity contribution in [2.75, 3.05) is 13.1 Å². The van der Waals surface area contributed by atoms with Gasteiger partial charge in [-0.3, -0.25) is 4.90 Å². The maximum atomic E-state index is 9.48. The highest BCUT2D eigenvalue weighted by Crippen LogP contribution is 2.25. The van der Waals surface area contributed by atoms with Gasteiger partial charge in [0.05, 0.1) is 6.10 Å². The summed E-state index contributed by atoms with van der Waals surface area (Å²) in [6.07, 6.45) is 3.36. The predicted molar refractivity (Wildman–Crippen MR) is 54.5 cm³/mol. The number of nitrogens with zero attached hydrogens (tertiary/aromatic N) is 1. The summed E-state index contributed by atoms with van der Waals surface area (Å²) in [6, 6.07) is 1.28. The Morgan fingerprint density at radius 1 is 1.54 bits per heavy atom. The van der Waals surface area contributed by atoms with Crippen molar-refractivity contribution in [1.82, 2.24) is 4.90 Å². The summed E-state index contributed by atoms with van der Waals surface area (Å²) in [4.78, 5) is 2.40. The van der Waals surface area contributed by atoms with Gasteiger partial charge >= 0.3 is 0 Å². The fourth-order valence-electron chi connectivity index (χ4n) is 2.21. The Bertz CT molecular complexity index is 152. The summed E-state index contributed by atoms with van der Waals surface area (Å²) in [5.41, 5.74) is 5.41. The van der Waals surface area contributed by atoms with E-state index in [2.05, 4.69) is 18.7 Å². The Hall–Kier alpha value is -0.120. The number of hydrogen-bond acceptors (Lipinski definition) is 3. The largest absolute Gasteiger partial charge is 0.390 e. The molecule has 0 bridgehead atoms. The molecular formula is C10H22N2O. The van der Waals surface area contributed by atoms with Crippen molar-refractivity contribution in [1.29, 1.82) is 0 Å². The monoisotopic (exact) mass is 186 g/mol. The molecule has 0 saturated carbocycles. The second-order valence-corrected chi connectivity index (χ2v) is 4.07. The van der Waals surface area contributed by atoms with Gasteiger partial charge in [0.2, 0.25) is 0 Å². The number of β-amino-alcohol motifs (C(OH)–C–C–N with tert-alkyl or cyclic N) is 1. The molecule has 3 atom stereocenters. The zero-order valence-electron chi connectivity index (χ0n) is 8.74. The fourth-order valence-corrected chi connectivity index (χ4v) is 2.21. The maximum Gasteiger partial charge on any atom is 0.0789 e. The molecule has 78 valence electrons. The molecule has 3 nitrogen and oxygen atoms in total. The van der Waals surface area contributed by atoms with E-state index in [4.69, 9.17) is 5.73 Å². The number of likely N-dealkylation sites (tertiary alicyclic amines) is 1. The topological polar surface area (TPSA) is 49.5 Å². The molecule has 0 aromatic carbocycles. The molecule has 1 aliphatic rings. The SMILES string of the molecule is CCC1CCC(C)N1CC(O)CN. The van der Waals surface area contributed by atoms with Gasteiger partial charge in [-0.2, -0.15) is 0 Å². The van der Waals surface area contributed by atoms with Crippen LogP contribution in [-0.4, -0.2) is 41.3 Å². The summed E-state index contributed by atoms with van der Waals surface area (Å²) in [7, 11) is 0. The van der Waals surface area contributed by atoms with Crippen LogP contribution in [0.3, 0.4) is 0 Å². The molecule has 3 unspecified atom stereocenters. The molecule has 0 aromatic rings. The van der Waals surface area contributed by atoms with Gasteiger partial charge in [-0.05, 0) is 26.2 Å². The Labute approximate surface area is 80.9 Å². The van der Waals surface area contributed by atoms with Crippen LogP contribution < -0.4 is 5.73 Å². The highest BCUT2D eigenvalue weighted by Gasteiger charge is 2.29. The van der Waals surface area contributed by atoms with Gasteiger partial charge in [-0.1, -0.05) is 6.92 Å². The van der Waals surface area contributed by atoms with Crippen LogP contribution in [0.15, 0.2) is 0 Å². The van der Waals surface area contributed by atoms with Gasteiger partial charge in [0, 0.05) is 25.2 Å². The minimum atomic E-state index is -0.352. The fraction of sp³-hybridized carbons (Fsp3) is 1.00. The molecule has 0 amide bonds. The van der Waals surface area contributed by atoms with E-state index in [1.165, 1.54) is 19.3 Å². The quantitative estimate of drug-likeness (QED) is 0.675. The molecule has 3 heteroatoms. The highest BCUT2D eigenvalue weighted by atomic mass is 16.3. The lowest BCUT2D eigenvalue weighted by molar-refractivity contribution is 0.0911. The molecule has 1 saturated heterocycles. The second kappa shape index (κ2) is 4.94. The van der Waals surface area contributed by atoms with E-state index in [0.29, 0.717) is 18.6 Å². The maximum absolute atomic E-state index is 9.48. The lowest BCUT2D eigenvalue weighted by Crippen LogP contribution is -2.42. The third kappa shape index (κ3) is 2.66. The van der Waals surface area contributed by atoms with Crippen LogP contribution in [0, 0.1) is 0 Å². The van der Waals surface area contributed by atoms with E-state index in [9.17, 15) is 5.11 Å². The molecule has 1 rings (SSSR count). The number of nitrogens with two attached hydrogens (primary N) is 1. The standard InChI is InChI=1S/C10H22N2O/c1-3-9-5-4-8(2)12(9)7-10(13)6-11/h8-10,13H,3-7,11H2,1-2H3. The summed E-state index contributed by atoms with van der Waals surface area (Å²) in [5, 5.41) is 9.48. The normalized spacial score (nSPS) is 32.3. The lowest BCUT2D eigenvalue weighted by atomic mass is 10.1. The third-order valence-electron chi connectivity index (χ3n) is 3.12.